The molecule has 0 spiro atoms. The second-order valence-corrected chi connectivity index (χ2v) is 6.82. The van der Waals surface area contributed by atoms with E-state index in [1.54, 1.807) is 44.4 Å². The number of amides is 1. The molecule has 0 radical (unpaired) electrons. The van der Waals surface area contributed by atoms with Gasteiger partial charge in [0.15, 0.2) is 11.7 Å². The summed E-state index contributed by atoms with van der Waals surface area (Å²) in [5, 5.41) is 0.475. The van der Waals surface area contributed by atoms with Gasteiger partial charge in [-0.2, -0.15) is 0 Å². The van der Waals surface area contributed by atoms with Crippen molar-refractivity contribution in [3.63, 3.8) is 0 Å². The van der Waals surface area contributed by atoms with Gasteiger partial charge in [0.05, 0.1) is 17.1 Å². The Bertz CT molecular complexity index is 897. The molecule has 2 aromatic rings. The van der Waals surface area contributed by atoms with E-state index < -0.39 is 5.54 Å². The average Bonchev–Trinajstić information content (AvgIpc) is 2.60. The largest absolute Gasteiger partial charge is 0.369 e. The van der Waals surface area contributed by atoms with Gasteiger partial charge in [-0.1, -0.05) is 11.6 Å². The van der Waals surface area contributed by atoms with Crippen molar-refractivity contribution >= 4 is 29.3 Å². The summed E-state index contributed by atoms with van der Waals surface area (Å²) in [5.41, 5.74) is 6.69. The van der Waals surface area contributed by atoms with E-state index in [9.17, 15) is 9.59 Å². The number of hydrogen-bond acceptors (Lipinski definition) is 6. The van der Waals surface area contributed by atoms with Crippen LogP contribution in [-0.4, -0.2) is 39.6 Å². The van der Waals surface area contributed by atoms with Gasteiger partial charge in [0.1, 0.15) is 11.2 Å². The topological polar surface area (TPSA) is 102 Å². The zero-order valence-corrected chi connectivity index (χ0v) is 15.2. The highest BCUT2D eigenvalue weighted by Gasteiger charge is 2.37. The van der Waals surface area contributed by atoms with E-state index in [-0.39, 0.29) is 30.5 Å². The van der Waals surface area contributed by atoms with Gasteiger partial charge in [0.2, 0.25) is 5.91 Å². The summed E-state index contributed by atoms with van der Waals surface area (Å²) in [6, 6.07) is 6.75. The average molecular weight is 372 g/mol. The number of aromatic nitrogens is 2. The first-order chi connectivity index (χ1) is 12.3. The quantitative estimate of drug-likeness (QED) is 0.827. The molecule has 1 unspecified atom stereocenters. The number of carbonyl (C=O) groups is 2. The van der Waals surface area contributed by atoms with Gasteiger partial charge >= 0.3 is 0 Å². The van der Waals surface area contributed by atoms with Crippen LogP contribution < -0.4 is 5.73 Å². The van der Waals surface area contributed by atoms with E-state index in [2.05, 4.69) is 15.0 Å². The Morgan fingerprint density at radius 3 is 2.77 bits per heavy atom. The second-order valence-electron chi connectivity index (χ2n) is 6.38. The van der Waals surface area contributed by atoms with Crippen LogP contribution in [0.3, 0.4) is 0 Å². The molecule has 0 fully saturated rings. The first-order valence-electron chi connectivity index (χ1n) is 8.00. The van der Waals surface area contributed by atoms with Crippen molar-refractivity contribution in [1.29, 1.82) is 0 Å². The Labute approximate surface area is 155 Å². The molecule has 1 atom stereocenters. The standard InChI is InChI=1S/C18H18ClN5O2/c1-18(9-16(26)24(2)17(20)23-18)15-8-11(5-6-21-15)7-14(25)13-4-3-12(19)10-22-13/h3-6,8,10H,7,9H2,1-2H3,(H2,20,23). The SMILES string of the molecule is CN1C(=O)CC(C)(c2cc(CC(=O)c3ccc(Cl)cn3)ccn2)N=C1N. The maximum atomic E-state index is 12.4. The fourth-order valence-corrected chi connectivity index (χ4v) is 2.86. The highest BCUT2D eigenvalue weighted by molar-refractivity contribution is 6.30. The van der Waals surface area contributed by atoms with Gasteiger partial charge < -0.3 is 5.73 Å². The number of aliphatic imine (C=N–C) groups is 1. The second kappa shape index (κ2) is 6.84. The Hall–Kier alpha value is -2.80. The lowest BCUT2D eigenvalue weighted by Gasteiger charge is -2.32. The highest BCUT2D eigenvalue weighted by atomic mass is 35.5. The normalized spacial score (nSPS) is 20.0. The van der Waals surface area contributed by atoms with Gasteiger partial charge in [-0.05, 0) is 36.8 Å². The summed E-state index contributed by atoms with van der Waals surface area (Å²) in [5.74, 6) is -0.113. The molecule has 0 bridgehead atoms. The number of carbonyl (C=O) groups excluding carboxylic acids is 2. The van der Waals surface area contributed by atoms with Crippen molar-refractivity contribution in [3.8, 4) is 0 Å². The third-order valence-corrected chi connectivity index (χ3v) is 4.55. The van der Waals surface area contributed by atoms with Crippen molar-refractivity contribution in [2.45, 2.75) is 25.3 Å². The van der Waals surface area contributed by atoms with Crippen molar-refractivity contribution in [1.82, 2.24) is 14.9 Å². The molecule has 3 rings (SSSR count). The van der Waals surface area contributed by atoms with Crippen molar-refractivity contribution in [2.24, 2.45) is 10.7 Å². The predicted molar refractivity (Wildman–Crippen MR) is 97.9 cm³/mol. The molecule has 8 heteroatoms. The number of rotatable bonds is 4. The monoisotopic (exact) mass is 371 g/mol. The van der Waals surface area contributed by atoms with E-state index in [0.717, 1.165) is 5.56 Å². The Morgan fingerprint density at radius 1 is 1.35 bits per heavy atom. The summed E-state index contributed by atoms with van der Waals surface area (Å²) in [6.07, 6.45) is 3.36. The number of hydrogen-bond donors (Lipinski definition) is 1. The van der Waals surface area contributed by atoms with Gasteiger partial charge in [-0.25, -0.2) is 4.99 Å². The maximum absolute atomic E-state index is 12.4. The lowest BCUT2D eigenvalue weighted by atomic mass is 9.90. The third kappa shape index (κ3) is 3.57. The van der Waals surface area contributed by atoms with Crippen LogP contribution in [0.25, 0.3) is 0 Å². The fourth-order valence-electron chi connectivity index (χ4n) is 2.75. The smallest absolute Gasteiger partial charge is 0.231 e. The highest BCUT2D eigenvalue weighted by Crippen LogP contribution is 2.31. The van der Waals surface area contributed by atoms with E-state index in [1.165, 1.54) is 11.1 Å². The minimum absolute atomic E-state index is 0.131. The molecule has 0 aromatic carbocycles. The van der Waals surface area contributed by atoms with Crippen LogP contribution in [-0.2, 0) is 16.8 Å². The summed E-state index contributed by atoms with van der Waals surface area (Å²) < 4.78 is 0. The van der Waals surface area contributed by atoms with E-state index in [1.807, 2.05) is 0 Å². The Morgan fingerprint density at radius 2 is 2.12 bits per heavy atom. The van der Waals surface area contributed by atoms with Crippen molar-refractivity contribution in [2.75, 3.05) is 7.05 Å². The third-order valence-electron chi connectivity index (χ3n) is 4.33. The minimum atomic E-state index is -0.856. The number of nitrogens with two attached hydrogens (primary N) is 1. The van der Waals surface area contributed by atoms with Gasteiger partial charge in [0, 0.05) is 25.9 Å². The summed E-state index contributed by atoms with van der Waals surface area (Å²) >= 11 is 5.80. The summed E-state index contributed by atoms with van der Waals surface area (Å²) in [4.78, 5) is 38.7. The number of pyridine rings is 2. The lowest BCUT2D eigenvalue weighted by Crippen LogP contribution is -2.47. The molecular weight excluding hydrogens is 354 g/mol. The first-order valence-corrected chi connectivity index (χ1v) is 8.38. The molecule has 7 nitrogen and oxygen atoms in total. The molecule has 3 heterocycles. The summed E-state index contributed by atoms with van der Waals surface area (Å²) in [6.45, 7) is 1.81. The maximum Gasteiger partial charge on any atom is 0.231 e. The minimum Gasteiger partial charge on any atom is -0.369 e. The van der Waals surface area contributed by atoms with Crippen LogP contribution in [0, 0.1) is 0 Å². The zero-order valence-electron chi connectivity index (χ0n) is 14.4. The van der Waals surface area contributed by atoms with Crippen LogP contribution in [0.2, 0.25) is 5.02 Å². The van der Waals surface area contributed by atoms with Crippen LogP contribution >= 0.6 is 11.6 Å². The van der Waals surface area contributed by atoms with Gasteiger partial charge in [-0.15, -0.1) is 0 Å². The molecule has 134 valence electrons. The van der Waals surface area contributed by atoms with Crippen LogP contribution in [0.1, 0.15) is 35.1 Å². The summed E-state index contributed by atoms with van der Waals surface area (Å²) in [7, 11) is 1.59. The predicted octanol–water partition coefficient (Wildman–Crippen LogP) is 1.95. The van der Waals surface area contributed by atoms with Crippen molar-refractivity contribution < 1.29 is 9.59 Å². The Balaban J connectivity index is 1.85. The zero-order chi connectivity index (χ0) is 18.9. The number of nitrogens with zero attached hydrogens (tertiary/aromatic N) is 4. The molecule has 0 aliphatic carbocycles. The first kappa shape index (κ1) is 18.0. The molecule has 1 aliphatic rings. The van der Waals surface area contributed by atoms with Gasteiger partial charge in [-0.3, -0.25) is 24.5 Å². The number of halogens is 1. The molecule has 1 aliphatic heterocycles. The molecular formula is C18H18ClN5O2. The molecule has 0 saturated heterocycles. The van der Waals surface area contributed by atoms with Crippen LogP contribution in [0.15, 0.2) is 41.7 Å². The van der Waals surface area contributed by atoms with Crippen LogP contribution in [0.5, 0.6) is 0 Å². The Kier molecular flexibility index (Phi) is 4.73. The number of Topliss-reactive ketones (excluding diaryl/α,β-unsaturated/α-hetero) is 1. The molecule has 2 aromatic heterocycles. The number of ketones is 1. The van der Waals surface area contributed by atoms with E-state index in [0.29, 0.717) is 16.4 Å². The molecule has 26 heavy (non-hydrogen) atoms. The van der Waals surface area contributed by atoms with Gasteiger partial charge in [0.25, 0.3) is 0 Å². The van der Waals surface area contributed by atoms with Crippen LogP contribution in [0.4, 0.5) is 0 Å². The van der Waals surface area contributed by atoms with E-state index >= 15 is 0 Å². The number of guanidine groups is 1. The van der Waals surface area contributed by atoms with E-state index in [4.69, 9.17) is 17.3 Å². The molecule has 0 saturated carbocycles. The molecule has 1 amide bonds. The molecule has 2 N–H and O–H groups in total. The fraction of sp³-hybridized carbons (Fsp3) is 0.278. The lowest BCUT2D eigenvalue weighted by molar-refractivity contribution is -0.128. The van der Waals surface area contributed by atoms with Crippen molar-refractivity contribution in [3.05, 3.63) is 58.6 Å².